The fourth-order valence-corrected chi connectivity index (χ4v) is 2.47. The van der Waals surface area contributed by atoms with E-state index in [4.69, 9.17) is 14.6 Å². The van der Waals surface area contributed by atoms with Crippen molar-refractivity contribution >= 4 is 5.97 Å². The molecule has 5 nitrogen and oxygen atoms in total. The Kier molecular flexibility index (Phi) is 4.78. The Balaban J connectivity index is 1.47. The summed E-state index contributed by atoms with van der Waals surface area (Å²) in [5.41, 5.74) is 2.57. The summed E-state index contributed by atoms with van der Waals surface area (Å²) >= 11 is 0. The molecule has 3 rings (SSSR count). The number of benzene rings is 2. The molecule has 0 bridgehead atoms. The minimum absolute atomic E-state index is 0.310. The molecule has 0 aliphatic carbocycles. The van der Waals surface area contributed by atoms with Gasteiger partial charge >= 0.3 is 5.97 Å². The predicted octanol–water partition coefficient (Wildman–Crippen LogP) is 2.49. The van der Waals surface area contributed by atoms with Crippen LogP contribution in [-0.4, -0.2) is 30.8 Å². The number of hydrogen-bond acceptors (Lipinski definition) is 4. The normalized spacial score (nSPS) is 12.9. The van der Waals surface area contributed by atoms with E-state index < -0.39 is 5.97 Å². The predicted molar refractivity (Wildman–Crippen MR) is 86.2 cm³/mol. The van der Waals surface area contributed by atoms with Crippen LogP contribution in [0.25, 0.3) is 0 Å². The maximum absolute atomic E-state index is 10.8. The van der Waals surface area contributed by atoms with E-state index in [-0.39, 0.29) is 0 Å². The van der Waals surface area contributed by atoms with Gasteiger partial charge in [0, 0.05) is 6.54 Å². The van der Waals surface area contributed by atoms with Crippen LogP contribution in [0.5, 0.6) is 11.5 Å². The Morgan fingerprint density at radius 1 is 1.00 bits per heavy atom. The average Bonchev–Trinajstić information content (AvgIpc) is 2.59. The van der Waals surface area contributed by atoms with Gasteiger partial charge < -0.3 is 19.9 Å². The van der Waals surface area contributed by atoms with Crippen LogP contribution in [-0.2, 0) is 13.0 Å². The molecule has 0 saturated carbocycles. The largest absolute Gasteiger partial charge is 0.486 e. The minimum atomic E-state index is -0.900. The molecular formula is C18H19NO4. The lowest BCUT2D eigenvalue weighted by atomic mass is 10.1. The number of hydrogen-bond donors (Lipinski definition) is 2. The van der Waals surface area contributed by atoms with Crippen molar-refractivity contribution in [1.82, 2.24) is 5.32 Å². The molecule has 2 aromatic carbocycles. The van der Waals surface area contributed by atoms with Crippen LogP contribution >= 0.6 is 0 Å². The van der Waals surface area contributed by atoms with Crippen molar-refractivity contribution in [3.05, 3.63) is 59.2 Å². The first kappa shape index (κ1) is 15.4. The van der Waals surface area contributed by atoms with E-state index in [2.05, 4.69) is 11.4 Å². The monoisotopic (exact) mass is 313 g/mol. The molecule has 0 radical (unpaired) electrons. The van der Waals surface area contributed by atoms with Gasteiger partial charge in [0.25, 0.3) is 0 Å². The Morgan fingerprint density at radius 3 is 2.43 bits per heavy atom. The van der Waals surface area contributed by atoms with Gasteiger partial charge in [-0.15, -0.1) is 0 Å². The van der Waals surface area contributed by atoms with Crippen molar-refractivity contribution in [2.75, 3.05) is 19.8 Å². The number of aromatic carboxylic acids is 1. The first-order valence-electron chi connectivity index (χ1n) is 7.64. The van der Waals surface area contributed by atoms with Crippen molar-refractivity contribution in [2.45, 2.75) is 13.0 Å². The number of carbonyl (C=O) groups is 1. The van der Waals surface area contributed by atoms with Crippen LogP contribution < -0.4 is 14.8 Å². The molecule has 0 unspecified atom stereocenters. The quantitative estimate of drug-likeness (QED) is 0.802. The lowest BCUT2D eigenvalue weighted by molar-refractivity contribution is 0.0697. The van der Waals surface area contributed by atoms with Crippen molar-refractivity contribution < 1.29 is 19.4 Å². The second-order valence-electron chi connectivity index (χ2n) is 5.41. The molecule has 120 valence electrons. The summed E-state index contributed by atoms with van der Waals surface area (Å²) in [4.78, 5) is 10.8. The van der Waals surface area contributed by atoms with Crippen LogP contribution in [0.1, 0.15) is 21.5 Å². The fourth-order valence-electron chi connectivity index (χ4n) is 2.47. The maximum atomic E-state index is 10.8. The van der Waals surface area contributed by atoms with Gasteiger partial charge in [0.1, 0.15) is 13.2 Å². The van der Waals surface area contributed by atoms with E-state index in [1.807, 2.05) is 24.3 Å². The lowest BCUT2D eigenvalue weighted by Crippen LogP contribution is -2.18. The molecule has 1 aliphatic rings. The van der Waals surface area contributed by atoms with E-state index in [1.54, 1.807) is 12.1 Å². The third-order valence-corrected chi connectivity index (χ3v) is 3.73. The fraction of sp³-hybridized carbons (Fsp3) is 0.278. The summed E-state index contributed by atoms with van der Waals surface area (Å²) < 4.78 is 11.1. The van der Waals surface area contributed by atoms with E-state index >= 15 is 0 Å². The number of fused-ring (bicyclic) bond motifs is 1. The van der Waals surface area contributed by atoms with Gasteiger partial charge in [0.05, 0.1) is 5.56 Å². The molecule has 1 aliphatic heterocycles. The maximum Gasteiger partial charge on any atom is 0.335 e. The zero-order valence-corrected chi connectivity index (χ0v) is 12.7. The van der Waals surface area contributed by atoms with Gasteiger partial charge in [-0.2, -0.15) is 0 Å². The molecular weight excluding hydrogens is 294 g/mol. The highest BCUT2D eigenvalue weighted by Gasteiger charge is 2.11. The number of rotatable bonds is 6. The highest BCUT2D eigenvalue weighted by Crippen LogP contribution is 2.30. The van der Waals surface area contributed by atoms with Gasteiger partial charge in [-0.25, -0.2) is 4.79 Å². The number of carboxylic acid groups (broad SMARTS) is 1. The standard InChI is InChI=1S/C18H19NO4/c20-18(21)15-4-1-14(2-5-15)12-19-8-7-13-3-6-16-17(11-13)23-10-9-22-16/h1-6,11,19H,7-10,12H2,(H,20,21). The highest BCUT2D eigenvalue weighted by molar-refractivity contribution is 5.87. The molecule has 0 aromatic heterocycles. The molecule has 0 fully saturated rings. The van der Waals surface area contributed by atoms with Crippen molar-refractivity contribution in [1.29, 1.82) is 0 Å². The summed E-state index contributed by atoms with van der Waals surface area (Å²) in [5.74, 6) is 0.729. The first-order chi connectivity index (χ1) is 11.2. The summed E-state index contributed by atoms with van der Waals surface area (Å²) in [5, 5.41) is 12.2. The Morgan fingerprint density at radius 2 is 1.70 bits per heavy atom. The van der Waals surface area contributed by atoms with Crippen LogP contribution in [0.3, 0.4) is 0 Å². The zero-order chi connectivity index (χ0) is 16.1. The number of nitrogens with one attached hydrogen (secondary N) is 1. The molecule has 0 saturated heterocycles. The number of carboxylic acids is 1. The molecule has 0 amide bonds. The number of ether oxygens (including phenoxy) is 2. The minimum Gasteiger partial charge on any atom is -0.486 e. The van der Waals surface area contributed by atoms with Gasteiger partial charge in [-0.05, 0) is 48.4 Å². The molecule has 2 aromatic rings. The Hall–Kier alpha value is -2.53. The van der Waals surface area contributed by atoms with E-state index in [1.165, 1.54) is 5.56 Å². The SMILES string of the molecule is O=C(O)c1ccc(CNCCc2ccc3c(c2)OCCO3)cc1. The van der Waals surface area contributed by atoms with Crippen LogP contribution in [0.2, 0.25) is 0 Å². The summed E-state index contributed by atoms with van der Waals surface area (Å²) in [6.07, 6.45) is 0.893. The molecule has 2 N–H and O–H groups in total. The topological polar surface area (TPSA) is 67.8 Å². The second-order valence-corrected chi connectivity index (χ2v) is 5.41. The Labute approximate surface area is 134 Å². The molecule has 5 heteroatoms. The first-order valence-corrected chi connectivity index (χ1v) is 7.64. The average molecular weight is 313 g/mol. The Bertz CT molecular complexity index is 682. The highest BCUT2D eigenvalue weighted by atomic mass is 16.6. The van der Waals surface area contributed by atoms with E-state index in [9.17, 15) is 4.79 Å². The third-order valence-electron chi connectivity index (χ3n) is 3.73. The molecule has 23 heavy (non-hydrogen) atoms. The van der Waals surface area contributed by atoms with Gasteiger partial charge in [0.15, 0.2) is 11.5 Å². The van der Waals surface area contributed by atoms with Gasteiger partial charge in [0.2, 0.25) is 0 Å². The van der Waals surface area contributed by atoms with Crippen molar-refractivity contribution in [3.63, 3.8) is 0 Å². The third kappa shape index (κ3) is 4.02. The van der Waals surface area contributed by atoms with Crippen molar-refractivity contribution in [2.24, 2.45) is 0 Å². The lowest BCUT2D eigenvalue weighted by Gasteiger charge is -2.18. The smallest absolute Gasteiger partial charge is 0.335 e. The molecule has 0 atom stereocenters. The molecule has 1 heterocycles. The van der Waals surface area contributed by atoms with Crippen LogP contribution in [0.15, 0.2) is 42.5 Å². The summed E-state index contributed by atoms with van der Waals surface area (Å²) in [6, 6.07) is 12.9. The van der Waals surface area contributed by atoms with Crippen molar-refractivity contribution in [3.8, 4) is 11.5 Å². The van der Waals surface area contributed by atoms with E-state index in [0.29, 0.717) is 25.3 Å². The van der Waals surface area contributed by atoms with Crippen LogP contribution in [0.4, 0.5) is 0 Å². The summed E-state index contributed by atoms with van der Waals surface area (Å²) in [7, 11) is 0. The zero-order valence-electron chi connectivity index (χ0n) is 12.7. The molecule has 0 spiro atoms. The summed E-state index contributed by atoms with van der Waals surface area (Å²) in [6.45, 7) is 2.75. The van der Waals surface area contributed by atoms with Gasteiger partial charge in [-0.1, -0.05) is 18.2 Å². The van der Waals surface area contributed by atoms with Gasteiger partial charge in [-0.3, -0.25) is 0 Å². The van der Waals surface area contributed by atoms with Crippen LogP contribution in [0, 0.1) is 0 Å². The van der Waals surface area contributed by atoms with E-state index in [0.717, 1.165) is 30.0 Å². The second kappa shape index (κ2) is 7.15.